The minimum atomic E-state index is -0.866. The average molecular weight is 479 g/mol. The molecule has 1 aliphatic heterocycles. The van der Waals surface area contributed by atoms with Gasteiger partial charge in [0.2, 0.25) is 5.75 Å². The Morgan fingerprint density at radius 1 is 0.857 bits per heavy atom. The van der Waals surface area contributed by atoms with E-state index in [0.29, 0.717) is 39.8 Å². The van der Waals surface area contributed by atoms with Gasteiger partial charge in [-0.2, -0.15) is 0 Å². The summed E-state index contributed by atoms with van der Waals surface area (Å²) >= 11 is 0. The molecule has 0 saturated carbocycles. The van der Waals surface area contributed by atoms with Gasteiger partial charge in [-0.05, 0) is 29.8 Å². The number of methoxy groups -OCH3 is 4. The van der Waals surface area contributed by atoms with E-state index in [4.69, 9.17) is 18.9 Å². The highest BCUT2D eigenvalue weighted by Crippen LogP contribution is 2.47. The Hall–Kier alpha value is -4.40. The monoisotopic (exact) mass is 478 g/mol. The minimum Gasteiger partial charge on any atom is -0.504 e. The van der Waals surface area contributed by atoms with Crippen molar-refractivity contribution < 1.29 is 33.6 Å². The minimum absolute atomic E-state index is 0.0812. The van der Waals surface area contributed by atoms with E-state index >= 15 is 0 Å². The number of β-lactam (4-membered cyclic amide) rings is 1. The molecule has 1 fully saturated rings. The number of hydrogen-bond acceptors (Lipinski definition) is 7. The number of anilines is 1. The van der Waals surface area contributed by atoms with Gasteiger partial charge in [-0.15, -0.1) is 0 Å². The maximum absolute atomic E-state index is 13.4. The number of hydrogen-bond donors (Lipinski definition) is 2. The van der Waals surface area contributed by atoms with E-state index in [9.17, 15) is 14.7 Å². The van der Waals surface area contributed by atoms with Crippen LogP contribution in [-0.2, 0) is 4.79 Å². The summed E-state index contributed by atoms with van der Waals surface area (Å²) < 4.78 is 21.4. The van der Waals surface area contributed by atoms with E-state index in [1.165, 1.54) is 39.4 Å². The van der Waals surface area contributed by atoms with Crippen LogP contribution in [0.5, 0.6) is 28.7 Å². The number of rotatable bonds is 8. The van der Waals surface area contributed by atoms with Gasteiger partial charge < -0.3 is 34.3 Å². The summed E-state index contributed by atoms with van der Waals surface area (Å²) in [5.41, 5.74) is 1.52. The molecular weight excluding hydrogens is 452 g/mol. The maximum Gasteiger partial charge on any atom is 0.252 e. The SMILES string of the molecule is COc1ccc([C@H]2[C@H](NC(=O)c3ccccc3)C(=O)N2c2cc(OC)c(OC)c(OC)c2)cc1O. The van der Waals surface area contributed by atoms with E-state index in [2.05, 4.69) is 5.32 Å². The Balaban J connectivity index is 1.76. The Bertz CT molecular complexity index is 1220. The zero-order valence-corrected chi connectivity index (χ0v) is 19.8. The summed E-state index contributed by atoms with van der Waals surface area (Å²) in [4.78, 5) is 27.8. The highest BCUT2D eigenvalue weighted by atomic mass is 16.5. The van der Waals surface area contributed by atoms with Gasteiger partial charge in [0.1, 0.15) is 6.04 Å². The second kappa shape index (κ2) is 9.84. The van der Waals surface area contributed by atoms with Crippen LogP contribution in [0, 0.1) is 0 Å². The second-order valence-corrected chi connectivity index (χ2v) is 7.79. The summed E-state index contributed by atoms with van der Waals surface area (Å²) in [7, 11) is 5.92. The normalized spacial score (nSPS) is 16.8. The molecule has 1 heterocycles. The molecule has 3 aromatic carbocycles. The molecule has 2 N–H and O–H groups in total. The fraction of sp³-hybridized carbons (Fsp3) is 0.231. The Kier molecular flexibility index (Phi) is 6.68. The lowest BCUT2D eigenvalue weighted by Gasteiger charge is -2.47. The predicted octanol–water partition coefficient (Wildman–Crippen LogP) is 3.31. The molecule has 182 valence electrons. The molecule has 35 heavy (non-hydrogen) atoms. The molecule has 2 amide bonds. The quantitative estimate of drug-likeness (QED) is 0.479. The van der Waals surface area contributed by atoms with E-state index < -0.39 is 12.1 Å². The van der Waals surface area contributed by atoms with Crippen molar-refractivity contribution in [2.75, 3.05) is 33.3 Å². The molecule has 1 saturated heterocycles. The Labute approximate surface area is 202 Å². The molecule has 0 spiro atoms. The van der Waals surface area contributed by atoms with Crippen LogP contribution in [0.3, 0.4) is 0 Å². The fourth-order valence-electron chi connectivity index (χ4n) is 4.17. The zero-order valence-electron chi connectivity index (χ0n) is 19.8. The van der Waals surface area contributed by atoms with E-state index in [1.54, 1.807) is 54.6 Å². The molecule has 0 bridgehead atoms. The van der Waals surface area contributed by atoms with Crippen LogP contribution in [0.4, 0.5) is 5.69 Å². The van der Waals surface area contributed by atoms with Crippen LogP contribution in [0.25, 0.3) is 0 Å². The number of nitrogens with zero attached hydrogens (tertiary/aromatic N) is 1. The molecule has 0 unspecified atom stereocenters. The fourth-order valence-corrected chi connectivity index (χ4v) is 4.17. The maximum atomic E-state index is 13.4. The zero-order chi connectivity index (χ0) is 25.1. The summed E-state index contributed by atoms with van der Waals surface area (Å²) in [6.45, 7) is 0. The highest BCUT2D eigenvalue weighted by molar-refractivity contribution is 6.09. The summed E-state index contributed by atoms with van der Waals surface area (Å²) in [6, 6.07) is 15.3. The van der Waals surface area contributed by atoms with Crippen LogP contribution < -0.4 is 29.2 Å². The smallest absolute Gasteiger partial charge is 0.252 e. The average Bonchev–Trinajstić information content (AvgIpc) is 2.89. The molecular formula is C26H26N2O7. The van der Waals surface area contributed by atoms with Crippen molar-refractivity contribution in [1.29, 1.82) is 0 Å². The largest absolute Gasteiger partial charge is 0.504 e. The van der Waals surface area contributed by atoms with Crippen molar-refractivity contribution in [1.82, 2.24) is 5.32 Å². The highest BCUT2D eigenvalue weighted by Gasteiger charge is 2.50. The van der Waals surface area contributed by atoms with Crippen LogP contribution >= 0.6 is 0 Å². The number of benzene rings is 3. The molecule has 0 aliphatic carbocycles. The van der Waals surface area contributed by atoms with Gasteiger partial charge in [0.25, 0.3) is 11.8 Å². The topological polar surface area (TPSA) is 107 Å². The van der Waals surface area contributed by atoms with Gasteiger partial charge in [0.05, 0.1) is 40.2 Å². The number of phenolic OH excluding ortho intramolecular Hbond substituents is 1. The molecule has 0 aromatic heterocycles. The number of phenols is 1. The van der Waals surface area contributed by atoms with E-state index in [0.717, 1.165) is 0 Å². The molecule has 9 nitrogen and oxygen atoms in total. The van der Waals surface area contributed by atoms with Crippen LogP contribution in [0.15, 0.2) is 60.7 Å². The first-order valence-corrected chi connectivity index (χ1v) is 10.8. The number of aromatic hydroxyl groups is 1. The lowest BCUT2D eigenvalue weighted by molar-refractivity contribution is -0.127. The van der Waals surface area contributed by atoms with Crippen molar-refractivity contribution >= 4 is 17.5 Å². The molecule has 2 atom stereocenters. The lowest BCUT2D eigenvalue weighted by Crippen LogP contribution is -2.66. The first-order valence-electron chi connectivity index (χ1n) is 10.8. The third-order valence-corrected chi connectivity index (χ3v) is 5.89. The molecule has 1 aliphatic rings. The number of amides is 2. The predicted molar refractivity (Wildman–Crippen MR) is 129 cm³/mol. The third kappa shape index (κ3) is 4.28. The van der Waals surface area contributed by atoms with Gasteiger partial charge in [0.15, 0.2) is 23.0 Å². The number of carbonyl (C=O) groups excluding carboxylic acids is 2. The van der Waals surface area contributed by atoms with Crippen molar-refractivity contribution in [2.45, 2.75) is 12.1 Å². The van der Waals surface area contributed by atoms with Crippen LogP contribution in [0.1, 0.15) is 22.0 Å². The van der Waals surface area contributed by atoms with Crippen molar-refractivity contribution in [3.63, 3.8) is 0 Å². The van der Waals surface area contributed by atoms with Gasteiger partial charge in [0, 0.05) is 17.7 Å². The second-order valence-electron chi connectivity index (χ2n) is 7.79. The summed E-state index contributed by atoms with van der Waals surface area (Å²) in [6.07, 6.45) is 0. The number of carbonyl (C=O) groups is 2. The van der Waals surface area contributed by atoms with Crippen molar-refractivity contribution in [2.24, 2.45) is 0 Å². The number of nitrogens with one attached hydrogen (secondary N) is 1. The molecule has 9 heteroatoms. The molecule has 3 aromatic rings. The molecule has 4 rings (SSSR count). The summed E-state index contributed by atoms with van der Waals surface area (Å²) in [5, 5.41) is 13.2. The van der Waals surface area contributed by atoms with E-state index in [-0.39, 0.29) is 17.6 Å². The first kappa shape index (κ1) is 23.7. The third-order valence-electron chi connectivity index (χ3n) is 5.89. The summed E-state index contributed by atoms with van der Waals surface area (Å²) in [5.74, 6) is 0.649. The first-order chi connectivity index (χ1) is 16.9. The lowest BCUT2D eigenvalue weighted by atomic mass is 9.87. The van der Waals surface area contributed by atoms with Gasteiger partial charge in [-0.25, -0.2) is 0 Å². The van der Waals surface area contributed by atoms with Crippen molar-refractivity contribution in [3.05, 3.63) is 71.8 Å². The van der Waals surface area contributed by atoms with Gasteiger partial charge in [-0.3, -0.25) is 9.59 Å². The standard InChI is InChI=1S/C26H26N2O7/c1-32-19-11-10-16(12-18(19)29)23-22(27-25(30)15-8-6-5-7-9-15)26(31)28(23)17-13-20(33-2)24(35-4)21(14-17)34-3/h5-14,22-23,29H,1-4H3,(H,27,30)/t22-,23-/m0/s1. The Morgan fingerprint density at radius 2 is 1.49 bits per heavy atom. The number of ether oxygens (including phenoxy) is 4. The Morgan fingerprint density at radius 3 is 2.03 bits per heavy atom. The van der Waals surface area contributed by atoms with Gasteiger partial charge in [-0.1, -0.05) is 24.3 Å². The van der Waals surface area contributed by atoms with Crippen LogP contribution in [-0.4, -0.2) is 51.4 Å². The van der Waals surface area contributed by atoms with E-state index in [1.807, 2.05) is 0 Å². The van der Waals surface area contributed by atoms with Gasteiger partial charge >= 0.3 is 0 Å². The van der Waals surface area contributed by atoms with Crippen LogP contribution in [0.2, 0.25) is 0 Å². The molecule has 0 radical (unpaired) electrons. The van der Waals surface area contributed by atoms with Crippen molar-refractivity contribution in [3.8, 4) is 28.7 Å².